The number of esters is 1. The van der Waals surface area contributed by atoms with Crippen LogP contribution in [0.25, 0.3) is 0 Å². The van der Waals surface area contributed by atoms with E-state index in [1.54, 1.807) is 0 Å². The van der Waals surface area contributed by atoms with Gasteiger partial charge in [0, 0.05) is 11.9 Å². The number of methoxy groups -OCH3 is 1. The summed E-state index contributed by atoms with van der Waals surface area (Å²) in [6.07, 6.45) is -2.00. The van der Waals surface area contributed by atoms with Crippen molar-refractivity contribution < 1.29 is 27.4 Å². The summed E-state index contributed by atoms with van der Waals surface area (Å²) in [6.45, 7) is 0. The van der Waals surface area contributed by atoms with E-state index in [1.165, 1.54) is 24.5 Å². The van der Waals surface area contributed by atoms with Crippen molar-refractivity contribution in [3.05, 3.63) is 47.8 Å². The average molecular weight is 312 g/mol. The molecule has 1 aromatic heterocycles. The summed E-state index contributed by atoms with van der Waals surface area (Å²) < 4.78 is 48.9. The molecule has 0 amide bonds. The lowest BCUT2D eigenvalue weighted by Crippen LogP contribution is -2.12. The molecule has 0 unspecified atom stereocenters. The number of nitrogen functional groups attached to an aromatic ring is 1. The topological polar surface area (TPSA) is 74.4 Å². The fraction of sp³-hybridized carbons (Fsp3) is 0.143. The Kier molecular flexibility index (Phi) is 4.20. The number of ether oxygens (including phenoxy) is 2. The van der Waals surface area contributed by atoms with Gasteiger partial charge in [-0.2, -0.15) is 13.2 Å². The smallest absolute Gasteiger partial charge is 0.420 e. The first-order chi connectivity index (χ1) is 10.3. The minimum Gasteiger partial charge on any atom is -0.465 e. The summed E-state index contributed by atoms with van der Waals surface area (Å²) in [5.74, 6) is -1.33. The van der Waals surface area contributed by atoms with Crippen LogP contribution in [0.2, 0.25) is 0 Å². The Balaban J connectivity index is 2.55. The second kappa shape index (κ2) is 5.92. The van der Waals surface area contributed by atoms with E-state index in [1.807, 2.05) is 0 Å². The molecule has 1 aromatic carbocycles. The molecule has 5 nitrogen and oxygen atoms in total. The van der Waals surface area contributed by atoms with Gasteiger partial charge < -0.3 is 15.2 Å². The summed E-state index contributed by atoms with van der Waals surface area (Å²) in [7, 11) is 1.10. The molecule has 0 bridgehead atoms. The Hall–Kier alpha value is -2.77. The fourth-order valence-electron chi connectivity index (χ4n) is 1.72. The summed E-state index contributed by atoms with van der Waals surface area (Å²) in [6, 6.07) is 4.47. The molecular weight excluding hydrogens is 301 g/mol. The number of halogens is 3. The van der Waals surface area contributed by atoms with Crippen LogP contribution in [0.15, 0.2) is 36.7 Å². The first kappa shape index (κ1) is 15.6. The largest absolute Gasteiger partial charge is 0.465 e. The van der Waals surface area contributed by atoms with Gasteiger partial charge in [0.05, 0.1) is 18.9 Å². The van der Waals surface area contributed by atoms with Crippen molar-refractivity contribution >= 4 is 11.7 Å². The number of aromatic nitrogens is 1. The molecule has 0 saturated heterocycles. The zero-order valence-corrected chi connectivity index (χ0v) is 11.3. The first-order valence-electron chi connectivity index (χ1n) is 6.00. The number of rotatable bonds is 3. The van der Waals surface area contributed by atoms with Crippen LogP contribution >= 0.6 is 0 Å². The van der Waals surface area contributed by atoms with Gasteiger partial charge in [-0.25, -0.2) is 4.79 Å². The average Bonchev–Trinajstić information content (AvgIpc) is 2.48. The number of nitrogens with two attached hydrogens (primary N) is 1. The monoisotopic (exact) mass is 312 g/mol. The fourth-order valence-corrected chi connectivity index (χ4v) is 1.72. The van der Waals surface area contributed by atoms with Crippen LogP contribution in [0.3, 0.4) is 0 Å². The number of carbonyl (C=O) groups is 1. The third kappa shape index (κ3) is 3.27. The molecule has 0 atom stereocenters. The molecule has 116 valence electrons. The highest BCUT2D eigenvalue weighted by molar-refractivity contribution is 5.95. The lowest BCUT2D eigenvalue weighted by Gasteiger charge is -2.16. The highest BCUT2D eigenvalue weighted by Gasteiger charge is 2.36. The van der Waals surface area contributed by atoms with Crippen LogP contribution in [0.4, 0.5) is 18.9 Å². The molecule has 0 fully saturated rings. The van der Waals surface area contributed by atoms with Crippen LogP contribution in [-0.4, -0.2) is 18.1 Å². The van der Waals surface area contributed by atoms with Crippen molar-refractivity contribution in [1.29, 1.82) is 0 Å². The van der Waals surface area contributed by atoms with Gasteiger partial charge in [-0.05, 0) is 24.3 Å². The minimum atomic E-state index is -4.69. The summed E-state index contributed by atoms with van der Waals surface area (Å²) in [4.78, 5) is 15.3. The number of nitrogens with zero attached hydrogens (tertiary/aromatic N) is 1. The Bertz CT molecular complexity index is 688. The van der Waals surface area contributed by atoms with E-state index in [2.05, 4.69) is 9.72 Å². The van der Waals surface area contributed by atoms with Gasteiger partial charge in [0.15, 0.2) is 0 Å². The number of pyridine rings is 1. The SMILES string of the molecule is COC(=O)c1cc(Oc2cccnc2)c(C(F)(F)F)cc1N. The predicted molar refractivity (Wildman–Crippen MR) is 71.5 cm³/mol. The quantitative estimate of drug-likeness (QED) is 0.695. The molecular formula is C14H11F3N2O3. The molecule has 2 rings (SSSR count). The second-order valence-electron chi connectivity index (χ2n) is 4.22. The van der Waals surface area contributed by atoms with Crippen LogP contribution in [0.5, 0.6) is 11.5 Å². The number of anilines is 1. The Morgan fingerprint density at radius 2 is 2.05 bits per heavy atom. The summed E-state index contributed by atoms with van der Waals surface area (Å²) in [5, 5.41) is 0. The van der Waals surface area contributed by atoms with Crippen LogP contribution < -0.4 is 10.5 Å². The number of hydrogen-bond donors (Lipinski definition) is 1. The Morgan fingerprint density at radius 1 is 1.32 bits per heavy atom. The van der Waals surface area contributed by atoms with Crippen molar-refractivity contribution in [2.45, 2.75) is 6.18 Å². The molecule has 8 heteroatoms. The zero-order chi connectivity index (χ0) is 16.3. The lowest BCUT2D eigenvalue weighted by atomic mass is 10.1. The highest BCUT2D eigenvalue weighted by Crippen LogP contribution is 2.40. The third-order valence-corrected chi connectivity index (χ3v) is 2.72. The van der Waals surface area contributed by atoms with Crippen molar-refractivity contribution in [2.75, 3.05) is 12.8 Å². The van der Waals surface area contributed by atoms with Gasteiger partial charge in [0.1, 0.15) is 17.1 Å². The Labute approximate surface area is 123 Å². The van der Waals surface area contributed by atoms with Crippen LogP contribution in [-0.2, 0) is 10.9 Å². The van der Waals surface area contributed by atoms with Crippen LogP contribution in [0, 0.1) is 0 Å². The van der Waals surface area contributed by atoms with Gasteiger partial charge in [-0.1, -0.05) is 0 Å². The molecule has 22 heavy (non-hydrogen) atoms. The highest BCUT2D eigenvalue weighted by atomic mass is 19.4. The van der Waals surface area contributed by atoms with Gasteiger partial charge in [-0.15, -0.1) is 0 Å². The third-order valence-electron chi connectivity index (χ3n) is 2.72. The first-order valence-corrected chi connectivity index (χ1v) is 6.00. The van der Waals surface area contributed by atoms with Gasteiger partial charge in [-0.3, -0.25) is 4.98 Å². The summed E-state index contributed by atoms with van der Waals surface area (Å²) >= 11 is 0. The van der Waals surface area contributed by atoms with Crippen molar-refractivity contribution in [3.8, 4) is 11.5 Å². The molecule has 0 aliphatic heterocycles. The number of carbonyl (C=O) groups excluding carboxylic acids is 1. The molecule has 0 saturated carbocycles. The van der Waals surface area contributed by atoms with Gasteiger partial charge in [0.2, 0.25) is 0 Å². The second-order valence-corrected chi connectivity index (χ2v) is 4.22. The Morgan fingerprint density at radius 3 is 2.59 bits per heavy atom. The van der Waals surface area contributed by atoms with Crippen molar-refractivity contribution in [3.63, 3.8) is 0 Å². The van der Waals surface area contributed by atoms with Crippen molar-refractivity contribution in [2.24, 2.45) is 0 Å². The van der Waals surface area contributed by atoms with E-state index >= 15 is 0 Å². The summed E-state index contributed by atoms with van der Waals surface area (Å²) in [5.41, 5.74) is 3.83. The minimum absolute atomic E-state index is 0.0913. The molecule has 0 aliphatic carbocycles. The van der Waals surface area contributed by atoms with E-state index in [-0.39, 0.29) is 17.0 Å². The maximum atomic E-state index is 13.1. The van der Waals surface area contributed by atoms with E-state index in [4.69, 9.17) is 10.5 Å². The number of hydrogen-bond acceptors (Lipinski definition) is 5. The molecule has 0 aliphatic rings. The molecule has 2 aromatic rings. The molecule has 2 N–H and O–H groups in total. The zero-order valence-electron chi connectivity index (χ0n) is 11.3. The molecule has 1 heterocycles. The normalized spacial score (nSPS) is 11.1. The predicted octanol–water partition coefficient (Wildman–Crippen LogP) is 3.26. The molecule has 0 radical (unpaired) electrons. The number of alkyl halides is 3. The van der Waals surface area contributed by atoms with Crippen LogP contribution in [0.1, 0.15) is 15.9 Å². The number of benzene rings is 1. The maximum Gasteiger partial charge on any atom is 0.420 e. The standard InChI is InChI=1S/C14H11F3N2O3/c1-21-13(20)9-5-12(22-8-3-2-4-19-7-8)10(6-11(9)18)14(15,16)17/h2-7H,18H2,1H3. The van der Waals surface area contributed by atoms with E-state index in [0.29, 0.717) is 6.07 Å². The molecule has 0 spiro atoms. The van der Waals surface area contributed by atoms with Gasteiger partial charge in [0.25, 0.3) is 0 Å². The van der Waals surface area contributed by atoms with E-state index < -0.39 is 23.5 Å². The van der Waals surface area contributed by atoms with E-state index in [9.17, 15) is 18.0 Å². The van der Waals surface area contributed by atoms with Gasteiger partial charge >= 0.3 is 12.1 Å². The van der Waals surface area contributed by atoms with Crippen molar-refractivity contribution in [1.82, 2.24) is 4.98 Å². The maximum absolute atomic E-state index is 13.1. The van der Waals surface area contributed by atoms with E-state index in [0.717, 1.165) is 13.2 Å². The lowest BCUT2D eigenvalue weighted by molar-refractivity contribution is -0.138.